The number of likely N-dealkylation sites (N-methyl/N-ethyl adjacent to an activating group) is 1. The lowest BCUT2D eigenvalue weighted by atomic mass is 10.2. The Morgan fingerprint density at radius 2 is 2.22 bits per heavy atom. The Bertz CT molecular complexity index is 489. The minimum absolute atomic E-state index is 0.555. The van der Waals surface area contributed by atoms with Gasteiger partial charge in [0.2, 0.25) is 0 Å². The van der Waals surface area contributed by atoms with Gasteiger partial charge in [-0.3, -0.25) is 0 Å². The molecule has 0 fully saturated rings. The summed E-state index contributed by atoms with van der Waals surface area (Å²) in [6, 6.07) is 6.95. The smallest absolute Gasteiger partial charge is 0.0931 e. The van der Waals surface area contributed by atoms with E-state index in [2.05, 4.69) is 59.3 Å². The first-order chi connectivity index (χ1) is 8.65. The van der Waals surface area contributed by atoms with Crippen LogP contribution in [-0.2, 0) is 6.54 Å². The van der Waals surface area contributed by atoms with Gasteiger partial charge in [0.25, 0.3) is 0 Å². The lowest BCUT2D eigenvalue weighted by Crippen LogP contribution is -2.32. The molecular formula is C14H22N4. The highest BCUT2D eigenvalue weighted by Crippen LogP contribution is 2.12. The van der Waals surface area contributed by atoms with Gasteiger partial charge in [-0.2, -0.15) is 0 Å². The zero-order chi connectivity index (χ0) is 13.0. The quantitative estimate of drug-likeness (QED) is 0.819. The maximum Gasteiger partial charge on any atom is 0.0931 e. The van der Waals surface area contributed by atoms with Crippen LogP contribution in [0.1, 0.15) is 19.4 Å². The molecule has 0 atom stereocenters. The summed E-state index contributed by atoms with van der Waals surface area (Å²) in [7, 11) is 2.15. The van der Waals surface area contributed by atoms with Crippen LogP contribution in [0.4, 0.5) is 0 Å². The molecule has 1 heterocycles. The average Bonchev–Trinajstić information content (AvgIpc) is 2.75. The lowest BCUT2D eigenvalue weighted by Gasteiger charge is -2.18. The molecular weight excluding hydrogens is 224 g/mol. The summed E-state index contributed by atoms with van der Waals surface area (Å²) in [6.07, 6.45) is 1.74. The fraction of sp³-hybridized carbons (Fsp3) is 0.500. The minimum atomic E-state index is 0.555. The largest absolute Gasteiger partial charge is 0.345 e. The van der Waals surface area contributed by atoms with E-state index in [4.69, 9.17) is 0 Å². The van der Waals surface area contributed by atoms with Gasteiger partial charge >= 0.3 is 0 Å². The molecule has 0 saturated heterocycles. The van der Waals surface area contributed by atoms with Crippen LogP contribution in [0.15, 0.2) is 24.5 Å². The highest BCUT2D eigenvalue weighted by atomic mass is 15.1. The Morgan fingerprint density at radius 3 is 3.00 bits per heavy atom. The fourth-order valence-electron chi connectivity index (χ4n) is 2.02. The average molecular weight is 246 g/mol. The second-order valence-electron chi connectivity index (χ2n) is 5.10. The fourth-order valence-corrected chi connectivity index (χ4v) is 2.02. The number of nitrogens with zero attached hydrogens (tertiary/aromatic N) is 2. The number of aromatic nitrogens is 2. The van der Waals surface area contributed by atoms with Crippen molar-refractivity contribution in [2.45, 2.75) is 26.4 Å². The Kier molecular flexibility index (Phi) is 4.33. The third-order valence-corrected chi connectivity index (χ3v) is 2.98. The van der Waals surface area contributed by atoms with Gasteiger partial charge < -0.3 is 15.2 Å². The molecule has 0 bridgehead atoms. The molecule has 2 aromatic rings. The predicted octanol–water partition coefficient (Wildman–Crippen LogP) is 1.99. The number of fused-ring (bicyclic) bond motifs is 1. The summed E-state index contributed by atoms with van der Waals surface area (Å²) in [5.74, 6) is 0. The predicted molar refractivity (Wildman–Crippen MR) is 75.6 cm³/mol. The van der Waals surface area contributed by atoms with Crippen LogP contribution in [0.2, 0.25) is 0 Å². The molecule has 0 aliphatic heterocycles. The van der Waals surface area contributed by atoms with Crippen molar-refractivity contribution in [1.82, 2.24) is 20.2 Å². The van der Waals surface area contributed by atoms with E-state index in [1.807, 2.05) is 0 Å². The van der Waals surface area contributed by atoms with Gasteiger partial charge in [0.05, 0.1) is 17.4 Å². The second kappa shape index (κ2) is 5.98. The molecule has 18 heavy (non-hydrogen) atoms. The molecule has 0 aliphatic carbocycles. The molecule has 2 rings (SSSR count). The molecule has 0 saturated carbocycles. The zero-order valence-corrected chi connectivity index (χ0v) is 11.4. The molecule has 4 heteroatoms. The van der Waals surface area contributed by atoms with Crippen LogP contribution in [0.3, 0.4) is 0 Å². The maximum atomic E-state index is 4.23. The van der Waals surface area contributed by atoms with Crippen molar-refractivity contribution in [3.63, 3.8) is 0 Å². The van der Waals surface area contributed by atoms with Crippen LogP contribution >= 0.6 is 0 Å². The third kappa shape index (κ3) is 3.55. The molecule has 4 nitrogen and oxygen atoms in total. The van der Waals surface area contributed by atoms with Crippen LogP contribution in [0.5, 0.6) is 0 Å². The maximum absolute atomic E-state index is 4.23. The molecule has 0 amide bonds. The van der Waals surface area contributed by atoms with Crippen LogP contribution in [0, 0.1) is 0 Å². The van der Waals surface area contributed by atoms with E-state index in [0.29, 0.717) is 6.04 Å². The Hall–Kier alpha value is -1.39. The third-order valence-electron chi connectivity index (χ3n) is 2.98. The van der Waals surface area contributed by atoms with Crippen molar-refractivity contribution in [3.05, 3.63) is 30.1 Å². The van der Waals surface area contributed by atoms with Crippen molar-refractivity contribution in [3.8, 4) is 0 Å². The molecule has 0 radical (unpaired) electrons. The van der Waals surface area contributed by atoms with Crippen molar-refractivity contribution in [2.24, 2.45) is 0 Å². The van der Waals surface area contributed by atoms with Gasteiger partial charge in [0, 0.05) is 25.7 Å². The molecule has 0 aliphatic rings. The van der Waals surface area contributed by atoms with Crippen molar-refractivity contribution < 1.29 is 0 Å². The number of aromatic amines is 1. The van der Waals surface area contributed by atoms with E-state index in [1.165, 1.54) is 5.56 Å². The van der Waals surface area contributed by atoms with E-state index in [9.17, 15) is 0 Å². The standard InChI is InChI=1S/C14H22N4/c1-11(2)15-6-7-18(3)9-12-4-5-13-14(8-12)17-10-16-13/h4-5,8,10-11,15H,6-7,9H2,1-3H3,(H,16,17). The molecule has 1 aromatic heterocycles. The first-order valence-corrected chi connectivity index (χ1v) is 6.49. The summed E-state index contributed by atoms with van der Waals surface area (Å²) < 4.78 is 0. The first-order valence-electron chi connectivity index (χ1n) is 6.49. The molecule has 0 unspecified atom stereocenters. The van der Waals surface area contributed by atoms with Crippen molar-refractivity contribution in [2.75, 3.05) is 20.1 Å². The Labute approximate surface area is 108 Å². The number of hydrogen-bond acceptors (Lipinski definition) is 3. The lowest BCUT2D eigenvalue weighted by molar-refractivity contribution is 0.320. The number of hydrogen-bond donors (Lipinski definition) is 2. The van der Waals surface area contributed by atoms with Crippen molar-refractivity contribution in [1.29, 1.82) is 0 Å². The second-order valence-corrected chi connectivity index (χ2v) is 5.10. The monoisotopic (exact) mass is 246 g/mol. The highest BCUT2D eigenvalue weighted by Gasteiger charge is 2.03. The minimum Gasteiger partial charge on any atom is -0.345 e. The molecule has 1 aromatic carbocycles. The van der Waals surface area contributed by atoms with Gasteiger partial charge in [0.1, 0.15) is 0 Å². The summed E-state index contributed by atoms with van der Waals surface area (Å²) in [6.45, 7) is 7.40. The molecule has 0 spiro atoms. The summed E-state index contributed by atoms with van der Waals surface area (Å²) >= 11 is 0. The van der Waals surface area contributed by atoms with Crippen LogP contribution in [-0.4, -0.2) is 41.0 Å². The number of H-pyrrole nitrogens is 1. The van der Waals surface area contributed by atoms with Gasteiger partial charge in [0.15, 0.2) is 0 Å². The topological polar surface area (TPSA) is 44.0 Å². The SMILES string of the molecule is CC(C)NCCN(C)Cc1ccc2nc[nH]c2c1. The van der Waals surface area contributed by atoms with Gasteiger partial charge in [-0.15, -0.1) is 0 Å². The number of rotatable bonds is 6. The highest BCUT2D eigenvalue weighted by molar-refractivity contribution is 5.74. The van der Waals surface area contributed by atoms with E-state index >= 15 is 0 Å². The first kappa shape index (κ1) is 13.1. The van der Waals surface area contributed by atoms with Gasteiger partial charge in [-0.1, -0.05) is 19.9 Å². The molecule has 98 valence electrons. The number of nitrogens with one attached hydrogen (secondary N) is 2. The van der Waals surface area contributed by atoms with E-state index in [-0.39, 0.29) is 0 Å². The van der Waals surface area contributed by atoms with E-state index < -0.39 is 0 Å². The van der Waals surface area contributed by atoms with Crippen LogP contribution < -0.4 is 5.32 Å². The normalized spacial score (nSPS) is 11.8. The van der Waals surface area contributed by atoms with Crippen molar-refractivity contribution >= 4 is 11.0 Å². The summed E-state index contributed by atoms with van der Waals surface area (Å²) in [5.41, 5.74) is 3.46. The van der Waals surface area contributed by atoms with E-state index in [1.54, 1.807) is 6.33 Å². The van der Waals surface area contributed by atoms with Crippen LogP contribution in [0.25, 0.3) is 11.0 Å². The number of benzene rings is 1. The van der Waals surface area contributed by atoms with Gasteiger partial charge in [-0.25, -0.2) is 4.98 Å². The summed E-state index contributed by atoms with van der Waals surface area (Å²) in [5, 5.41) is 3.43. The zero-order valence-electron chi connectivity index (χ0n) is 11.4. The Balaban J connectivity index is 1.87. The Morgan fingerprint density at radius 1 is 1.39 bits per heavy atom. The molecule has 2 N–H and O–H groups in total. The van der Waals surface area contributed by atoms with Gasteiger partial charge in [-0.05, 0) is 24.7 Å². The number of imidazole rings is 1. The van der Waals surface area contributed by atoms with E-state index in [0.717, 1.165) is 30.7 Å². The summed E-state index contributed by atoms with van der Waals surface area (Å²) in [4.78, 5) is 9.70.